The Morgan fingerprint density at radius 2 is 1.78 bits per heavy atom. The highest BCUT2D eigenvalue weighted by atomic mass is 16.3. The van der Waals surface area contributed by atoms with Crippen LogP contribution >= 0.6 is 0 Å². The molecule has 1 saturated heterocycles. The Hall–Kier alpha value is -2.76. The molecule has 27 heavy (non-hydrogen) atoms. The van der Waals surface area contributed by atoms with Crippen LogP contribution in [0.25, 0.3) is 0 Å². The number of rotatable bonds is 6. The van der Waals surface area contributed by atoms with Crippen molar-refractivity contribution in [2.24, 2.45) is 5.92 Å². The van der Waals surface area contributed by atoms with Crippen LogP contribution in [0.2, 0.25) is 0 Å². The van der Waals surface area contributed by atoms with Crippen LogP contribution in [0.3, 0.4) is 0 Å². The molecule has 1 aliphatic rings. The molecule has 144 valence electrons. The number of carbonyl (C=O) groups is 2. The third-order valence-electron chi connectivity index (χ3n) is 5.18. The summed E-state index contributed by atoms with van der Waals surface area (Å²) in [4.78, 5) is 28.9. The van der Waals surface area contributed by atoms with Crippen LogP contribution in [0.15, 0.2) is 47.3 Å². The standard InChI is InChI=1S/C21H27N3O3/c1-3-23(4-2)19-7-5-18(6-8-19)22-20(25)16-9-12-24(13-10-16)21(26)17-11-14-27-15-17/h5-8,11,14-16H,3-4,9-10,12-13H2,1-2H3,(H,22,25). The minimum Gasteiger partial charge on any atom is -0.472 e. The Morgan fingerprint density at radius 1 is 1.11 bits per heavy atom. The second kappa shape index (κ2) is 8.75. The van der Waals surface area contributed by atoms with Gasteiger partial charge in [0, 0.05) is 43.5 Å². The molecule has 0 saturated carbocycles. The molecule has 0 bridgehead atoms. The van der Waals surface area contributed by atoms with Gasteiger partial charge in [0.1, 0.15) is 6.26 Å². The minimum atomic E-state index is -0.0686. The predicted molar refractivity (Wildman–Crippen MR) is 106 cm³/mol. The van der Waals surface area contributed by atoms with Gasteiger partial charge in [0.15, 0.2) is 0 Å². The van der Waals surface area contributed by atoms with Crippen LogP contribution in [0.1, 0.15) is 37.0 Å². The molecular formula is C21H27N3O3. The molecule has 1 N–H and O–H groups in total. The number of hydrogen-bond acceptors (Lipinski definition) is 4. The summed E-state index contributed by atoms with van der Waals surface area (Å²) < 4.78 is 4.97. The molecule has 0 unspecified atom stereocenters. The summed E-state index contributed by atoms with van der Waals surface area (Å²) in [5.74, 6) is -0.0727. The van der Waals surface area contributed by atoms with Gasteiger partial charge in [-0.25, -0.2) is 0 Å². The third kappa shape index (κ3) is 4.51. The number of likely N-dealkylation sites (tertiary alicyclic amines) is 1. The lowest BCUT2D eigenvalue weighted by atomic mass is 9.95. The molecule has 0 radical (unpaired) electrons. The first-order chi connectivity index (χ1) is 13.1. The fraction of sp³-hybridized carbons (Fsp3) is 0.429. The summed E-state index contributed by atoms with van der Waals surface area (Å²) in [6.07, 6.45) is 4.31. The smallest absolute Gasteiger partial charge is 0.257 e. The molecule has 2 heterocycles. The SMILES string of the molecule is CCN(CC)c1ccc(NC(=O)C2CCN(C(=O)c3ccoc3)CC2)cc1. The Morgan fingerprint density at radius 3 is 2.33 bits per heavy atom. The van der Waals surface area contributed by atoms with E-state index < -0.39 is 0 Å². The highest BCUT2D eigenvalue weighted by molar-refractivity contribution is 5.95. The van der Waals surface area contributed by atoms with Crippen molar-refractivity contribution >= 4 is 23.2 Å². The molecule has 1 aromatic carbocycles. The summed E-state index contributed by atoms with van der Waals surface area (Å²) in [6.45, 7) is 7.34. The van der Waals surface area contributed by atoms with Crippen molar-refractivity contribution in [2.75, 3.05) is 36.4 Å². The van der Waals surface area contributed by atoms with Gasteiger partial charge in [0.05, 0.1) is 11.8 Å². The Kier molecular flexibility index (Phi) is 6.16. The summed E-state index contributed by atoms with van der Waals surface area (Å²) in [6, 6.07) is 9.64. The first-order valence-corrected chi connectivity index (χ1v) is 9.59. The molecule has 2 amide bonds. The number of nitrogens with one attached hydrogen (secondary N) is 1. The maximum atomic E-state index is 12.6. The molecule has 0 atom stereocenters. The first-order valence-electron chi connectivity index (χ1n) is 9.59. The average Bonchev–Trinajstić information content (AvgIpc) is 3.24. The van der Waals surface area contributed by atoms with Gasteiger partial charge in [0.25, 0.3) is 5.91 Å². The molecule has 6 heteroatoms. The van der Waals surface area contributed by atoms with Crippen molar-refractivity contribution in [2.45, 2.75) is 26.7 Å². The van der Waals surface area contributed by atoms with E-state index in [9.17, 15) is 9.59 Å². The molecule has 1 aliphatic heterocycles. The lowest BCUT2D eigenvalue weighted by molar-refractivity contribution is -0.121. The van der Waals surface area contributed by atoms with Crippen LogP contribution in [-0.4, -0.2) is 42.9 Å². The van der Waals surface area contributed by atoms with Gasteiger partial charge in [0.2, 0.25) is 5.91 Å². The zero-order chi connectivity index (χ0) is 19.2. The molecule has 6 nitrogen and oxygen atoms in total. The number of carbonyl (C=O) groups excluding carboxylic acids is 2. The summed E-state index contributed by atoms with van der Waals surface area (Å²) in [5.41, 5.74) is 2.53. The van der Waals surface area contributed by atoms with Crippen molar-refractivity contribution in [1.82, 2.24) is 4.90 Å². The number of amides is 2. The molecule has 0 spiro atoms. The van der Waals surface area contributed by atoms with Crippen molar-refractivity contribution in [3.63, 3.8) is 0 Å². The second-order valence-corrected chi connectivity index (χ2v) is 6.79. The Balaban J connectivity index is 1.51. The van der Waals surface area contributed by atoms with E-state index in [2.05, 4.69) is 24.1 Å². The zero-order valence-electron chi connectivity index (χ0n) is 16.0. The van der Waals surface area contributed by atoms with Crippen molar-refractivity contribution in [3.05, 3.63) is 48.4 Å². The average molecular weight is 369 g/mol. The molecule has 1 aromatic heterocycles. The largest absolute Gasteiger partial charge is 0.472 e. The quantitative estimate of drug-likeness (QED) is 0.845. The zero-order valence-corrected chi connectivity index (χ0v) is 16.0. The predicted octanol–water partition coefficient (Wildman–Crippen LogP) is 3.62. The normalized spacial score (nSPS) is 14.8. The van der Waals surface area contributed by atoms with Crippen LogP contribution < -0.4 is 10.2 Å². The van der Waals surface area contributed by atoms with Gasteiger partial charge in [-0.3, -0.25) is 9.59 Å². The number of furan rings is 1. The van der Waals surface area contributed by atoms with Gasteiger partial charge < -0.3 is 19.5 Å². The van der Waals surface area contributed by atoms with Crippen molar-refractivity contribution in [1.29, 1.82) is 0 Å². The van der Waals surface area contributed by atoms with E-state index in [0.29, 0.717) is 31.5 Å². The molecule has 3 rings (SSSR count). The van der Waals surface area contributed by atoms with Crippen LogP contribution in [-0.2, 0) is 4.79 Å². The van der Waals surface area contributed by atoms with E-state index in [1.54, 1.807) is 11.0 Å². The topological polar surface area (TPSA) is 65.8 Å². The highest BCUT2D eigenvalue weighted by Gasteiger charge is 2.28. The Labute approximate surface area is 160 Å². The fourth-order valence-corrected chi connectivity index (χ4v) is 3.50. The van der Waals surface area contributed by atoms with Gasteiger partial charge in [-0.15, -0.1) is 0 Å². The molecule has 2 aromatic rings. The molecule has 0 aliphatic carbocycles. The molecule has 1 fully saturated rings. The van der Waals surface area contributed by atoms with E-state index in [-0.39, 0.29) is 17.7 Å². The van der Waals surface area contributed by atoms with Crippen LogP contribution in [0.5, 0.6) is 0 Å². The van der Waals surface area contributed by atoms with Gasteiger partial charge in [-0.05, 0) is 57.0 Å². The molecular weight excluding hydrogens is 342 g/mol. The Bertz CT molecular complexity index is 743. The minimum absolute atomic E-state index is 0.0287. The maximum Gasteiger partial charge on any atom is 0.257 e. The van der Waals surface area contributed by atoms with Crippen molar-refractivity contribution < 1.29 is 14.0 Å². The summed E-state index contributed by atoms with van der Waals surface area (Å²) >= 11 is 0. The maximum absolute atomic E-state index is 12.6. The lowest BCUT2D eigenvalue weighted by Crippen LogP contribution is -2.41. The van der Waals surface area contributed by atoms with Crippen LogP contribution in [0, 0.1) is 5.92 Å². The van der Waals surface area contributed by atoms with Crippen molar-refractivity contribution in [3.8, 4) is 0 Å². The number of nitrogens with zero attached hydrogens (tertiary/aromatic N) is 2. The number of piperidine rings is 1. The van der Waals surface area contributed by atoms with E-state index in [4.69, 9.17) is 4.42 Å². The summed E-state index contributed by atoms with van der Waals surface area (Å²) in [7, 11) is 0. The van der Waals surface area contributed by atoms with E-state index in [1.165, 1.54) is 12.5 Å². The monoisotopic (exact) mass is 369 g/mol. The van der Waals surface area contributed by atoms with Gasteiger partial charge in [-0.2, -0.15) is 0 Å². The highest BCUT2D eigenvalue weighted by Crippen LogP contribution is 2.22. The van der Waals surface area contributed by atoms with Gasteiger partial charge >= 0.3 is 0 Å². The van der Waals surface area contributed by atoms with Gasteiger partial charge in [-0.1, -0.05) is 0 Å². The van der Waals surface area contributed by atoms with E-state index in [1.807, 2.05) is 24.3 Å². The van der Waals surface area contributed by atoms with Crippen LogP contribution in [0.4, 0.5) is 11.4 Å². The third-order valence-corrected chi connectivity index (χ3v) is 5.18. The second-order valence-electron chi connectivity index (χ2n) is 6.79. The number of benzene rings is 1. The first kappa shape index (κ1) is 19.0. The number of anilines is 2. The summed E-state index contributed by atoms with van der Waals surface area (Å²) in [5, 5.41) is 3.01. The fourth-order valence-electron chi connectivity index (χ4n) is 3.50. The number of hydrogen-bond donors (Lipinski definition) is 1. The van der Waals surface area contributed by atoms with E-state index >= 15 is 0 Å². The van der Waals surface area contributed by atoms with E-state index in [0.717, 1.165) is 24.5 Å². The lowest BCUT2D eigenvalue weighted by Gasteiger charge is -2.31.